The molecule has 2 heteroatoms. The first-order chi connectivity index (χ1) is 10.2. The minimum Gasteiger partial charge on any atom is -0.494 e. The number of benzene rings is 2. The minimum absolute atomic E-state index is 0.349. The van der Waals surface area contributed by atoms with Gasteiger partial charge in [0, 0.05) is 12.6 Å². The number of hydrogen-bond donors (Lipinski definition) is 1. The molecule has 0 saturated heterocycles. The molecule has 1 atom stereocenters. The molecule has 0 bridgehead atoms. The van der Waals surface area contributed by atoms with Gasteiger partial charge in [-0.25, -0.2) is 0 Å². The highest BCUT2D eigenvalue weighted by molar-refractivity contribution is 5.29. The topological polar surface area (TPSA) is 21.3 Å². The first-order valence-corrected chi connectivity index (χ1v) is 7.71. The third-order valence-electron chi connectivity index (χ3n) is 3.66. The molecule has 2 aromatic rings. The summed E-state index contributed by atoms with van der Waals surface area (Å²) < 4.78 is 5.60. The summed E-state index contributed by atoms with van der Waals surface area (Å²) in [5.41, 5.74) is 3.97. The molecule has 21 heavy (non-hydrogen) atoms. The number of aryl methyl sites for hydroxylation is 1. The molecule has 112 valence electrons. The van der Waals surface area contributed by atoms with Crippen molar-refractivity contribution in [1.29, 1.82) is 0 Å². The van der Waals surface area contributed by atoms with Crippen LogP contribution in [0.25, 0.3) is 0 Å². The molecule has 2 rings (SSSR count). The average Bonchev–Trinajstić information content (AvgIpc) is 2.52. The molecule has 0 fully saturated rings. The van der Waals surface area contributed by atoms with Crippen LogP contribution >= 0.6 is 0 Å². The van der Waals surface area contributed by atoms with Gasteiger partial charge in [-0.3, -0.25) is 0 Å². The van der Waals surface area contributed by atoms with Gasteiger partial charge >= 0.3 is 0 Å². The van der Waals surface area contributed by atoms with E-state index in [9.17, 15) is 0 Å². The zero-order valence-electron chi connectivity index (χ0n) is 13.2. The monoisotopic (exact) mass is 283 g/mol. The van der Waals surface area contributed by atoms with E-state index in [0.717, 1.165) is 25.3 Å². The van der Waals surface area contributed by atoms with Crippen LogP contribution in [0.4, 0.5) is 0 Å². The Balaban J connectivity index is 1.89. The van der Waals surface area contributed by atoms with Gasteiger partial charge in [0.25, 0.3) is 0 Å². The van der Waals surface area contributed by atoms with Gasteiger partial charge < -0.3 is 10.1 Å². The van der Waals surface area contributed by atoms with E-state index in [1.165, 1.54) is 16.7 Å². The average molecular weight is 283 g/mol. The zero-order chi connectivity index (χ0) is 15.1. The Bertz CT molecular complexity index is 548. The first kappa shape index (κ1) is 15.6. The highest BCUT2D eigenvalue weighted by atomic mass is 16.5. The van der Waals surface area contributed by atoms with E-state index < -0.39 is 0 Å². The Kier molecular flexibility index (Phi) is 5.82. The van der Waals surface area contributed by atoms with Gasteiger partial charge in [-0.1, -0.05) is 43.3 Å². The van der Waals surface area contributed by atoms with E-state index in [0.29, 0.717) is 6.04 Å². The summed E-state index contributed by atoms with van der Waals surface area (Å²) in [7, 11) is 0. The van der Waals surface area contributed by atoms with E-state index in [4.69, 9.17) is 4.74 Å². The molecule has 2 nitrogen and oxygen atoms in total. The summed E-state index contributed by atoms with van der Waals surface area (Å²) in [4.78, 5) is 0. The lowest BCUT2D eigenvalue weighted by Crippen LogP contribution is -2.18. The Labute approximate surface area is 128 Å². The third kappa shape index (κ3) is 4.61. The molecule has 0 aromatic heterocycles. The van der Waals surface area contributed by atoms with Crippen LogP contribution in [0.15, 0.2) is 48.5 Å². The quantitative estimate of drug-likeness (QED) is 0.799. The Hall–Kier alpha value is -1.80. The lowest BCUT2D eigenvalue weighted by atomic mass is 10.0. The van der Waals surface area contributed by atoms with Crippen molar-refractivity contribution in [2.45, 2.75) is 39.8 Å². The summed E-state index contributed by atoms with van der Waals surface area (Å²) in [6.07, 6.45) is 1.04. The van der Waals surface area contributed by atoms with E-state index >= 15 is 0 Å². The molecular weight excluding hydrogens is 258 g/mol. The van der Waals surface area contributed by atoms with Crippen molar-refractivity contribution in [3.63, 3.8) is 0 Å². The minimum atomic E-state index is 0.349. The molecule has 0 radical (unpaired) electrons. The normalized spacial score (nSPS) is 12.1. The molecule has 0 saturated carbocycles. The van der Waals surface area contributed by atoms with Crippen LogP contribution in [-0.2, 0) is 6.54 Å². The van der Waals surface area contributed by atoms with Gasteiger partial charge in [0.15, 0.2) is 0 Å². The second-order valence-electron chi connectivity index (χ2n) is 5.45. The van der Waals surface area contributed by atoms with Crippen molar-refractivity contribution in [2.24, 2.45) is 0 Å². The molecule has 0 aliphatic heterocycles. The molecular formula is C19H25NO. The highest BCUT2D eigenvalue weighted by Gasteiger charge is 2.07. The summed E-state index contributed by atoms with van der Waals surface area (Å²) in [6, 6.07) is 17.2. The van der Waals surface area contributed by atoms with Gasteiger partial charge in [-0.05, 0) is 49.1 Å². The SMILES string of the molecule is CCCOc1ccc(CN[C@@H](C)c2ccccc2C)cc1. The Morgan fingerprint density at radius 1 is 1.05 bits per heavy atom. The summed E-state index contributed by atoms with van der Waals surface area (Å²) in [5.74, 6) is 0.951. The maximum atomic E-state index is 5.60. The predicted octanol–water partition coefficient (Wildman–Crippen LogP) is 4.63. The molecule has 0 aliphatic carbocycles. The fourth-order valence-corrected chi connectivity index (χ4v) is 2.38. The van der Waals surface area contributed by atoms with Crippen molar-refractivity contribution in [1.82, 2.24) is 5.32 Å². The Morgan fingerprint density at radius 2 is 1.76 bits per heavy atom. The Morgan fingerprint density at radius 3 is 2.43 bits per heavy atom. The maximum Gasteiger partial charge on any atom is 0.119 e. The summed E-state index contributed by atoms with van der Waals surface area (Å²) in [5, 5.41) is 3.58. The lowest BCUT2D eigenvalue weighted by Gasteiger charge is -2.16. The van der Waals surface area contributed by atoms with Crippen LogP contribution in [0.1, 0.15) is 43.0 Å². The van der Waals surface area contributed by atoms with Crippen LogP contribution in [-0.4, -0.2) is 6.61 Å². The van der Waals surface area contributed by atoms with Gasteiger partial charge in [0.05, 0.1) is 6.61 Å². The summed E-state index contributed by atoms with van der Waals surface area (Å²) in [6.45, 7) is 8.13. The number of ether oxygens (including phenoxy) is 1. The maximum absolute atomic E-state index is 5.60. The van der Waals surface area contributed by atoms with Crippen molar-refractivity contribution >= 4 is 0 Å². The molecule has 0 aliphatic rings. The van der Waals surface area contributed by atoms with E-state index in [-0.39, 0.29) is 0 Å². The number of hydrogen-bond acceptors (Lipinski definition) is 2. The fourth-order valence-electron chi connectivity index (χ4n) is 2.38. The molecule has 1 N–H and O–H groups in total. The van der Waals surface area contributed by atoms with Crippen LogP contribution in [0.2, 0.25) is 0 Å². The van der Waals surface area contributed by atoms with Crippen LogP contribution < -0.4 is 10.1 Å². The van der Waals surface area contributed by atoms with E-state index in [1.54, 1.807) is 0 Å². The largest absolute Gasteiger partial charge is 0.494 e. The van der Waals surface area contributed by atoms with Crippen molar-refractivity contribution in [3.05, 3.63) is 65.2 Å². The highest BCUT2D eigenvalue weighted by Crippen LogP contribution is 2.18. The number of rotatable bonds is 7. The van der Waals surface area contributed by atoms with Crippen LogP contribution in [0.5, 0.6) is 5.75 Å². The molecule has 0 spiro atoms. The lowest BCUT2D eigenvalue weighted by molar-refractivity contribution is 0.317. The standard InChI is InChI=1S/C19H25NO/c1-4-13-21-18-11-9-17(10-12-18)14-20-16(3)19-8-6-5-7-15(19)2/h5-12,16,20H,4,13-14H2,1-3H3/t16-/m0/s1. The van der Waals surface area contributed by atoms with Gasteiger partial charge in [-0.15, -0.1) is 0 Å². The summed E-state index contributed by atoms with van der Waals surface area (Å²) >= 11 is 0. The van der Waals surface area contributed by atoms with Crippen molar-refractivity contribution in [3.8, 4) is 5.75 Å². The van der Waals surface area contributed by atoms with Crippen molar-refractivity contribution < 1.29 is 4.74 Å². The smallest absolute Gasteiger partial charge is 0.119 e. The molecule has 0 unspecified atom stereocenters. The second-order valence-corrected chi connectivity index (χ2v) is 5.45. The van der Waals surface area contributed by atoms with E-state index in [2.05, 4.69) is 62.5 Å². The predicted molar refractivity (Wildman–Crippen MR) is 88.7 cm³/mol. The number of nitrogens with one attached hydrogen (secondary N) is 1. The van der Waals surface area contributed by atoms with Gasteiger partial charge in [-0.2, -0.15) is 0 Å². The molecule has 0 heterocycles. The van der Waals surface area contributed by atoms with Gasteiger partial charge in [0.1, 0.15) is 5.75 Å². The van der Waals surface area contributed by atoms with Gasteiger partial charge in [0.2, 0.25) is 0 Å². The van der Waals surface area contributed by atoms with Crippen LogP contribution in [0.3, 0.4) is 0 Å². The third-order valence-corrected chi connectivity index (χ3v) is 3.66. The molecule has 0 amide bonds. The second kappa shape index (κ2) is 7.84. The van der Waals surface area contributed by atoms with Crippen LogP contribution in [0, 0.1) is 6.92 Å². The first-order valence-electron chi connectivity index (χ1n) is 7.71. The fraction of sp³-hybridized carbons (Fsp3) is 0.368. The van der Waals surface area contributed by atoms with Crippen molar-refractivity contribution in [2.75, 3.05) is 6.61 Å². The van der Waals surface area contributed by atoms with E-state index in [1.807, 2.05) is 12.1 Å². The molecule has 2 aromatic carbocycles. The zero-order valence-corrected chi connectivity index (χ0v) is 13.2.